The summed E-state index contributed by atoms with van der Waals surface area (Å²) in [7, 11) is 0. The van der Waals surface area contributed by atoms with Crippen LogP contribution in [-0.2, 0) is 6.42 Å². The summed E-state index contributed by atoms with van der Waals surface area (Å²) in [6, 6.07) is 15.7. The second-order valence-corrected chi connectivity index (χ2v) is 6.74. The van der Waals surface area contributed by atoms with Gasteiger partial charge in [0.25, 0.3) is 0 Å². The Labute approximate surface area is 137 Å². The lowest BCUT2D eigenvalue weighted by molar-refractivity contribution is 0.425. The Bertz CT molecular complexity index is 717. The van der Waals surface area contributed by atoms with E-state index in [0.29, 0.717) is 17.9 Å². The predicted octanol–water partition coefficient (Wildman–Crippen LogP) is 5.73. The van der Waals surface area contributed by atoms with Gasteiger partial charge in [-0.15, -0.1) is 0 Å². The fourth-order valence-electron chi connectivity index (χ4n) is 3.86. The number of halogens is 1. The maximum absolute atomic E-state index is 6.20. The molecule has 1 aliphatic heterocycles. The first-order valence-corrected chi connectivity index (χ1v) is 8.45. The second-order valence-electron chi connectivity index (χ2n) is 6.30. The molecular formula is C20H20ClN. The van der Waals surface area contributed by atoms with Crippen molar-refractivity contribution in [3.05, 3.63) is 76.3 Å². The van der Waals surface area contributed by atoms with Crippen molar-refractivity contribution in [2.75, 3.05) is 5.32 Å². The number of hydrogen-bond acceptors (Lipinski definition) is 1. The summed E-state index contributed by atoms with van der Waals surface area (Å²) in [4.78, 5) is 0. The van der Waals surface area contributed by atoms with Gasteiger partial charge in [-0.05, 0) is 53.6 Å². The number of aryl methyl sites for hydroxylation is 1. The molecule has 22 heavy (non-hydrogen) atoms. The molecule has 0 fully saturated rings. The molecule has 0 aromatic heterocycles. The van der Waals surface area contributed by atoms with Gasteiger partial charge in [-0.1, -0.05) is 54.9 Å². The van der Waals surface area contributed by atoms with Crippen molar-refractivity contribution < 1.29 is 0 Å². The summed E-state index contributed by atoms with van der Waals surface area (Å²) in [5.41, 5.74) is 5.35. The van der Waals surface area contributed by atoms with Crippen LogP contribution in [-0.4, -0.2) is 0 Å². The molecule has 3 atom stereocenters. The standard InChI is InChI=1S/C20H20ClN/c1-2-13-6-8-14(9-7-13)20-17-5-3-4-16(17)18-12-15(21)10-11-19(18)22-20/h3-4,6-12,16-17,20,22H,2,5H2,1H3/t16-,17+,20-/m0/s1. The number of hydrogen-bond donors (Lipinski definition) is 1. The van der Waals surface area contributed by atoms with E-state index >= 15 is 0 Å². The molecule has 2 aromatic carbocycles. The second kappa shape index (κ2) is 5.48. The van der Waals surface area contributed by atoms with Crippen molar-refractivity contribution in [3.8, 4) is 0 Å². The van der Waals surface area contributed by atoms with Crippen LogP contribution in [0.5, 0.6) is 0 Å². The van der Waals surface area contributed by atoms with Crippen LogP contribution < -0.4 is 5.32 Å². The molecule has 1 aliphatic carbocycles. The maximum atomic E-state index is 6.20. The van der Waals surface area contributed by atoms with E-state index in [-0.39, 0.29) is 0 Å². The zero-order valence-electron chi connectivity index (χ0n) is 12.7. The summed E-state index contributed by atoms with van der Waals surface area (Å²) in [6.45, 7) is 2.20. The Hall–Kier alpha value is -1.73. The summed E-state index contributed by atoms with van der Waals surface area (Å²) in [5.74, 6) is 1.06. The van der Waals surface area contributed by atoms with Gasteiger partial charge >= 0.3 is 0 Å². The highest BCUT2D eigenvalue weighted by Crippen LogP contribution is 2.50. The SMILES string of the molecule is CCc1ccc([C@@H]2Nc3ccc(Cl)cc3[C@H]3C=CC[C@H]32)cc1. The Morgan fingerprint density at radius 3 is 2.73 bits per heavy atom. The molecule has 0 radical (unpaired) electrons. The lowest BCUT2D eigenvalue weighted by Gasteiger charge is -2.37. The van der Waals surface area contributed by atoms with Gasteiger partial charge in [-0.25, -0.2) is 0 Å². The minimum absolute atomic E-state index is 0.375. The van der Waals surface area contributed by atoms with E-state index < -0.39 is 0 Å². The number of allylic oxidation sites excluding steroid dienone is 2. The van der Waals surface area contributed by atoms with E-state index in [0.717, 1.165) is 17.9 Å². The molecule has 0 bridgehead atoms. The topological polar surface area (TPSA) is 12.0 Å². The first-order chi connectivity index (χ1) is 10.8. The summed E-state index contributed by atoms with van der Waals surface area (Å²) in [5, 5.41) is 4.58. The van der Waals surface area contributed by atoms with Crippen molar-refractivity contribution in [1.29, 1.82) is 0 Å². The van der Waals surface area contributed by atoms with Crippen molar-refractivity contribution in [2.24, 2.45) is 5.92 Å². The third-order valence-corrected chi connectivity index (χ3v) is 5.31. The van der Waals surface area contributed by atoms with E-state index in [2.05, 4.69) is 60.8 Å². The zero-order valence-corrected chi connectivity index (χ0v) is 13.5. The van der Waals surface area contributed by atoms with Crippen molar-refractivity contribution >= 4 is 17.3 Å². The summed E-state index contributed by atoms with van der Waals surface area (Å²) < 4.78 is 0. The van der Waals surface area contributed by atoms with E-state index in [1.54, 1.807) is 0 Å². The average Bonchev–Trinajstić information content (AvgIpc) is 3.04. The molecule has 0 spiro atoms. The number of anilines is 1. The van der Waals surface area contributed by atoms with Crippen molar-refractivity contribution in [3.63, 3.8) is 0 Å². The number of benzene rings is 2. The molecular weight excluding hydrogens is 290 g/mol. The molecule has 0 amide bonds. The van der Waals surface area contributed by atoms with E-state index in [1.165, 1.54) is 22.4 Å². The smallest absolute Gasteiger partial charge is 0.0553 e. The van der Waals surface area contributed by atoms with E-state index in [4.69, 9.17) is 11.6 Å². The van der Waals surface area contributed by atoms with Crippen LogP contribution in [0.25, 0.3) is 0 Å². The highest BCUT2D eigenvalue weighted by molar-refractivity contribution is 6.30. The lowest BCUT2D eigenvalue weighted by Crippen LogP contribution is -2.29. The molecule has 2 aromatic rings. The molecule has 112 valence electrons. The van der Waals surface area contributed by atoms with Gasteiger partial charge < -0.3 is 5.32 Å². The average molecular weight is 310 g/mol. The molecule has 0 saturated carbocycles. The van der Waals surface area contributed by atoms with Crippen LogP contribution in [0.1, 0.15) is 42.0 Å². The lowest BCUT2D eigenvalue weighted by atomic mass is 9.77. The molecule has 1 N–H and O–H groups in total. The molecule has 0 unspecified atom stereocenters. The molecule has 1 nitrogen and oxygen atoms in total. The number of fused-ring (bicyclic) bond motifs is 3. The normalized spacial score (nSPS) is 25.5. The molecule has 0 saturated heterocycles. The van der Waals surface area contributed by atoms with Gasteiger partial charge in [0.05, 0.1) is 6.04 Å². The Morgan fingerprint density at radius 2 is 1.95 bits per heavy atom. The zero-order chi connectivity index (χ0) is 15.1. The van der Waals surface area contributed by atoms with Gasteiger partial charge in [0.15, 0.2) is 0 Å². The minimum Gasteiger partial charge on any atom is -0.378 e. The van der Waals surface area contributed by atoms with Gasteiger partial charge in [0, 0.05) is 16.6 Å². The Morgan fingerprint density at radius 1 is 1.14 bits per heavy atom. The predicted molar refractivity (Wildman–Crippen MR) is 93.6 cm³/mol. The Kier molecular flexibility index (Phi) is 3.46. The van der Waals surface area contributed by atoms with E-state index in [1.807, 2.05) is 6.07 Å². The van der Waals surface area contributed by atoms with Gasteiger partial charge in [-0.2, -0.15) is 0 Å². The fraction of sp³-hybridized carbons (Fsp3) is 0.300. The first kappa shape index (κ1) is 13.9. The number of nitrogens with one attached hydrogen (secondary N) is 1. The monoisotopic (exact) mass is 309 g/mol. The number of rotatable bonds is 2. The fourth-order valence-corrected chi connectivity index (χ4v) is 4.04. The molecule has 4 rings (SSSR count). The molecule has 2 heteroatoms. The largest absolute Gasteiger partial charge is 0.378 e. The summed E-state index contributed by atoms with van der Waals surface area (Å²) >= 11 is 6.20. The Balaban J connectivity index is 1.74. The van der Waals surface area contributed by atoms with Crippen molar-refractivity contribution in [2.45, 2.75) is 31.7 Å². The minimum atomic E-state index is 0.375. The van der Waals surface area contributed by atoms with Crippen LogP contribution in [0.15, 0.2) is 54.6 Å². The van der Waals surface area contributed by atoms with Gasteiger partial charge in [0.2, 0.25) is 0 Å². The highest BCUT2D eigenvalue weighted by atomic mass is 35.5. The third kappa shape index (κ3) is 2.24. The third-order valence-electron chi connectivity index (χ3n) is 5.07. The first-order valence-electron chi connectivity index (χ1n) is 8.07. The van der Waals surface area contributed by atoms with Crippen LogP contribution in [0.4, 0.5) is 5.69 Å². The quantitative estimate of drug-likeness (QED) is 0.699. The summed E-state index contributed by atoms with van der Waals surface area (Å²) in [6.07, 6.45) is 6.89. The molecule has 2 aliphatic rings. The molecule has 1 heterocycles. The maximum Gasteiger partial charge on any atom is 0.0553 e. The highest BCUT2D eigenvalue weighted by Gasteiger charge is 2.37. The van der Waals surface area contributed by atoms with Crippen LogP contribution in [0.3, 0.4) is 0 Å². The van der Waals surface area contributed by atoms with Crippen LogP contribution in [0.2, 0.25) is 5.02 Å². The van der Waals surface area contributed by atoms with Crippen LogP contribution >= 0.6 is 11.6 Å². The van der Waals surface area contributed by atoms with E-state index in [9.17, 15) is 0 Å². The van der Waals surface area contributed by atoms with Gasteiger partial charge in [0.1, 0.15) is 0 Å². The van der Waals surface area contributed by atoms with Crippen molar-refractivity contribution in [1.82, 2.24) is 0 Å². The van der Waals surface area contributed by atoms with Crippen LogP contribution in [0, 0.1) is 5.92 Å². The van der Waals surface area contributed by atoms with Gasteiger partial charge in [-0.3, -0.25) is 0 Å².